The maximum absolute atomic E-state index is 12.3. The molecule has 1 rings (SSSR count). The Balaban J connectivity index is 0.00000144. The molecule has 0 atom stereocenters. The first-order valence-electron chi connectivity index (χ1n) is 2.73. The van der Waals surface area contributed by atoms with E-state index in [0.29, 0.717) is 0 Å². The Bertz CT molecular complexity index is 235. The zero-order valence-electron chi connectivity index (χ0n) is 5.82. The third kappa shape index (κ3) is 1.90. The van der Waals surface area contributed by atoms with E-state index in [9.17, 15) is 22.0 Å². The molecule has 0 saturated heterocycles. The zero-order valence-corrected chi connectivity index (χ0v) is 7.56. The number of benzene rings is 1. The Kier molecular flexibility index (Phi) is 4.04. The standard InChI is InChI=1S/C6BF5.Ru/c7-1-2(8)4(10)6(12)5(11)3(1)9;. The number of rotatable bonds is 0. The van der Waals surface area contributed by atoms with Gasteiger partial charge >= 0.3 is 0 Å². The van der Waals surface area contributed by atoms with Crippen molar-refractivity contribution in [3.05, 3.63) is 29.1 Å². The average Bonchev–Trinajstić information content (AvgIpc) is 2.08. The van der Waals surface area contributed by atoms with Crippen LogP contribution in [0.25, 0.3) is 0 Å². The van der Waals surface area contributed by atoms with Gasteiger partial charge in [-0.3, -0.25) is 0 Å². The molecule has 0 amide bonds. The van der Waals surface area contributed by atoms with Crippen molar-refractivity contribution in [1.82, 2.24) is 0 Å². The quantitative estimate of drug-likeness (QED) is 0.289. The average molecular weight is 279 g/mol. The summed E-state index contributed by atoms with van der Waals surface area (Å²) in [5.41, 5.74) is -1.37. The van der Waals surface area contributed by atoms with E-state index in [1.165, 1.54) is 0 Å². The van der Waals surface area contributed by atoms with Gasteiger partial charge in [0, 0.05) is 19.5 Å². The SMILES string of the molecule is [B]c1c(F)c(F)c(F)c(F)c1F.[Ru]. The molecule has 0 spiro atoms. The molecule has 7 heteroatoms. The molecule has 0 N–H and O–H groups in total. The van der Waals surface area contributed by atoms with Crippen LogP contribution in [-0.4, -0.2) is 7.85 Å². The van der Waals surface area contributed by atoms with Gasteiger partial charge in [0.05, 0.1) is 0 Å². The Labute approximate surface area is 84.3 Å². The van der Waals surface area contributed by atoms with Crippen LogP contribution >= 0.6 is 0 Å². The molecule has 0 aliphatic carbocycles. The van der Waals surface area contributed by atoms with Gasteiger partial charge in [0.15, 0.2) is 29.1 Å². The fraction of sp³-hybridized carbons (Fsp3) is 0. The Morgan fingerprint density at radius 1 is 0.615 bits per heavy atom. The van der Waals surface area contributed by atoms with Crippen molar-refractivity contribution in [3.63, 3.8) is 0 Å². The zero-order chi connectivity index (χ0) is 9.46. The smallest absolute Gasteiger partial charge is 0.200 e. The first-order chi connectivity index (χ1) is 5.46. The van der Waals surface area contributed by atoms with E-state index in [2.05, 4.69) is 7.85 Å². The summed E-state index contributed by atoms with van der Waals surface area (Å²) in [6.45, 7) is 0. The summed E-state index contributed by atoms with van der Waals surface area (Å²) in [4.78, 5) is 0. The molecule has 2 radical (unpaired) electrons. The summed E-state index contributed by atoms with van der Waals surface area (Å²) in [7, 11) is 4.56. The fourth-order valence-corrected chi connectivity index (χ4v) is 0.622. The minimum absolute atomic E-state index is 0. The molecule has 0 saturated carbocycles. The first-order valence-corrected chi connectivity index (χ1v) is 2.73. The van der Waals surface area contributed by atoms with E-state index in [4.69, 9.17) is 0 Å². The van der Waals surface area contributed by atoms with Crippen molar-refractivity contribution < 1.29 is 41.4 Å². The molecule has 0 aromatic heterocycles. The molecule has 0 unspecified atom stereocenters. The van der Waals surface area contributed by atoms with Crippen molar-refractivity contribution in [2.45, 2.75) is 0 Å². The van der Waals surface area contributed by atoms with Gasteiger partial charge in [-0.25, -0.2) is 22.0 Å². The Morgan fingerprint density at radius 3 is 1.15 bits per heavy atom. The fourth-order valence-electron chi connectivity index (χ4n) is 0.622. The molecule has 0 nitrogen and oxygen atoms in total. The second-order valence-electron chi connectivity index (χ2n) is 1.98. The third-order valence-corrected chi connectivity index (χ3v) is 1.24. The first kappa shape index (κ1) is 12.6. The van der Waals surface area contributed by atoms with Crippen LogP contribution in [0.5, 0.6) is 0 Å². The normalized spacial score (nSPS) is 9.62. The maximum Gasteiger partial charge on any atom is 0.200 e. The number of halogens is 5. The van der Waals surface area contributed by atoms with E-state index in [0.717, 1.165) is 0 Å². The number of hydrogen-bond donors (Lipinski definition) is 0. The third-order valence-electron chi connectivity index (χ3n) is 1.24. The van der Waals surface area contributed by atoms with E-state index in [-0.39, 0.29) is 19.5 Å². The van der Waals surface area contributed by atoms with Crippen molar-refractivity contribution in [1.29, 1.82) is 0 Å². The van der Waals surface area contributed by atoms with Crippen molar-refractivity contribution in [2.75, 3.05) is 0 Å². The van der Waals surface area contributed by atoms with Crippen LogP contribution in [0, 0.1) is 29.1 Å². The van der Waals surface area contributed by atoms with Crippen LogP contribution in [0.2, 0.25) is 0 Å². The second kappa shape index (κ2) is 4.18. The minimum atomic E-state index is -2.21. The molecule has 70 valence electrons. The molecule has 1 aromatic carbocycles. The molecule has 0 aliphatic rings. The summed E-state index contributed by atoms with van der Waals surface area (Å²) in [6, 6.07) is 0. The molecule has 0 aliphatic heterocycles. The van der Waals surface area contributed by atoms with Gasteiger partial charge in [0.1, 0.15) is 7.85 Å². The molecule has 1 aromatic rings. The van der Waals surface area contributed by atoms with Crippen LogP contribution in [-0.2, 0) is 19.5 Å². The van der Waals surface area contributed by atoms with E-state index >= 15 is 0 Å². The monoisotopic (exact) mass is 280 g/mol. The second-order valence-corrected chi connectivity index (χ2v) is 1.98. The van der Waals surface area contributed by atoms with Gasteiger partial charge < -0.3 is 0 Å². The molecule has 13 heavy (non-hydrogen) atoms. The predicted octanol–water partition coefficient (Wildman–Crippen LogP) is 1.17. The van der Waals surface area contributed by atoms with Crippen molar-refractivity contribution in [2.24, 2.45) is 0 Å². The van der Waals surface area contributed by atoms with Gasteiger partial charge in [-0.15, -0.1) is 0 Å². The Hall–Kier alpha value is -0.442. The summed E-state index contributed by atoms with van der Waals surface area (Å²) < 4.78 is 61.1. The summed E-state index contributed by atoms with van der Waals surface area (Å²) in [5, 5.41) is 0. The van der Waals surface area contributed by atoms with E-state index in [1.54, 1.807) is 0 Å². The summed E-state index contributed by atoms with van der Waals surface area (Å²) in [5.74, 6) is -10.3. The van der Waals surface area contributed by atoms with Crippen LogP contribution in [0.4, 0.5) is 22.0 Å². The van der Waals surface area contributed by atoms with Crippen LogP contribution in [0.3, 0.4) is 0 Å². The van der Waals surface area contributed by atoms with E-state index < -0.39 is 34.5 Å². The topological polar surface area (TPSA) is 0 Å². The van der Waals surface area contributed by atoms with E-state index in [1.807, 2.05) is 0 Å². The van der Waals surface area contributed by atoms with Crippen molar-refractivity contribution >= 4 is 13.3 Å². The molecule has 0 heterocycles. The van der Waals surface area contributed by atoms with Crippen LogP contribution in [0.15, 0.2) is 0 Å². The Morgan fingerprint density at radius 2 is 0.846 bits per heavy atom. The molecule has 0 fully saturated rings. The van der Waals surface area contributed by atoms with Gasteiger partial charge in [-0.2, -0.15) is 0 Å². The summed E-state index contributed by atoms with van der Waals surface area (Å²) in [6.07, 6.45) is 0. The number of hydrogen-bond acceptors (Lipinski definition) is 0. The molecular weight excluding hydrogens is 279 g/mol. The predicted molar refractivity (Wildman–Crippen MR) is 31.6 cm³/mol. The molecular formula is C6BF5Ru. The summed E-state index contributed by atoms with van der Waals surface area (Å²) >= 11 is 0. The van der Waals surface area contributed by atoms with Gasteiger partial charge in [-0.05, 0) is 5.46 Å². The van der Waals surface area contributed by atoms with Crippen LogP contribution in [0.1, 0.15) is 0 Å². The maximum atomic E-state index is 12.3. The minimum Gasteiger partial charge on any atom is -0.204 e. The largest absolute Gasteiger partial charge is 0.204 e. The van der Waals surface area contributed by atoms with Gasteiger partial charge in [-0.1, -0.05) is 0 Å². The molecule has 0 bridgehead atoms. The van der Waals surface area contributed by atoms with Crippen molar-refractivity contribution in [3.8, 4) is 0 Å². The van der Waals surface area contributed by atoms with Gasteiger partial charge in [0.25, 0.3) is 0 Å². The van der Waals surface area contributed by atoms with Crippen LogP contribution < -0.4 is 5.46 Å². The van der Waals surface area contributed by atoms with Gasteiger partial charge in [0.2, 0.25) is 0 Å².